The Morgan fingerprint density at radius 2 is 1.94 bits per heavy atom. The largest absolute Gasteiger partial charge is 1.00 e. The van der Waals surface area contributed by atoms with E-state index >= 15 is 0 Å². The molecule has 1 unspecified atom stereocenters. The van der Waals surface area contributed by atoms with E-state index in [9.17, 15) is 17.4 Å². The van der Waals surface area contributed by atoms with Gasteiger partial charge in [0.15, 0.2) is 11.4 Å². The summed E-state index contributed by atoms with van der Waals surface area (Å²) in [5.74, 6) is 0.637. The third-order valence-electron chi connectivity index (χ3n) is 5.50. The van der Waals surface area contributed by atoms with Crippen molar-refractivity contribution in [1.82, 2.24) is 15.0 Å². The molecule has 0 aliphatic carbocycles. The summed E-state index contributed by atoms with van der Waals surface area (Å²) >= 11 is 0. The van der Waals surface area contributed by atoms with Crippen molar-refractivity contribution < 1.29 is 62.6 Å². The molecule has 0 spiro atoms. The topological polar surface area (TPSA) is 86.3 Å². The molecular formula is C23H27F3N3NaO4S. The van der Waals surface area contributed by atoms with E-state index < -0.39 is 28.8 Å². The molecule has 7 nitrogen and oxygen atoms in total. The molecule has 0 bridgehead atoms. The fourth-order valence-corrected chi connectivity index (χ4v) is 4.66. The maximum Gasteiger partial charge on any atom is 1.00 e. The van der Waals surface area contributed by atoms with Crippen LogP contribution in [0, 0.1) is 19.3 Å². The molecule has 0 radical (unpaired) electrons. The molecule has 1 fully saturated rings. The second-order valence-corrected chi connectivity index (χ2v) is 10.5. The average molecular weight is 522 g/mol. The third kappa shape index (κ3) is 6.64. The van der Waals surface area contributed by atoms with Crippen LogP contribution in [0.2, 0.25) is 0 Å². The number of benzene rings is 1. The van der Waals surface area contributed by atoms with Crippen LogP contribution in [-0.4, -0.2) is 45.3 Å². The van der Waals surface area contributed by atoms with E-state index in [2.05, 4.69) is 28.8 Å². The van der Waals surface area contributed by atoms with Gasteiger partial charge in [0.05, 0.1) is 52.1 Å². The van der Waals surface area contributed by atoms with Crippen LogP contribution < -0.4 is 34.3 Å². The maximum atomic E-state index is 13.0. The summed E-state index contributed by atoms with van der Waals surface area (Å²) in [6.07, 6.45) is -3.31. The number of aryl methyl sites for hydroxylation is 1. The van der Waals surface area contributed by atoms with Gasteiger partial charge in [0.1, 0.15) is 12.4 Å². The molecular weight excluding hydrogens is 494 g/mol. The number of fused-ring (bicyclic) bond motifs is 1. The van der Waals surface area contributed by atoms with Crippen molar-refractivity contribution in [2.24, 2.45) is 5.41 Å². The first-order chi connectivity index (χ1) is 15.9. The zero-order valence-electron chi connectivity index (χ0n) is 21.3. The Hall–Kier alpha value is -1.50. The number of hydrogen-bond donors (Lipinski definition) is 1. The predicted molar refractivity (Wildman–Crippen MR) is 121 cm³/mol. The Balaban J connectivity index is 0.00000228. The molecule has 1 aromatic carbocycles. The van der Waals surface area contributed by atoms with Gasteiger partial charge in [0.25, 0.3) is 0 Å². The van der Waals surface area contributed by atoms with Gasteiger partial charge in [-0.25, -0.2) is 4.98 Å². The molecule has 35 heavy (non-hydrogen) atoms. The number of pyridine rings is 1. The van der Waals surface area contributed by atoms with E-state index in [4.69, 9.17) is 14.2 Å². The van der Waals surface area contributed by atoms with Gasteiger partial charge in [-0.15, -0.1) is 0 Å². The molecule has 2 aromatic heterocycles. The van der Waals surface area contributed by atoms with Crippen molar-refractivity contribution in [2.45, 2.75) is 51.1 Å². The summed E-state index contributed by atoms with van der Waals surface area (Å²) < 4.78 is 69.3. The van der Waals surface area contributed by atoms with Gasteiger partial charge >= 0.3 is 35.7 Å². The monoisotopic (exact) mass is 521 g/mol. The van der Waals surface area contributed by atoms with Crippen LogP contribution in [0.5, 0.6) is 5.75 Å². The van der Waals surface area contributed by atoms with Gasteiger partial charge in [-0.3, -0.25) is 9.19 Å². The molecule has 1 aliphatic rings. The Labute approximate surface area is 227 Å². The maximum absolute atomic E-state index is 13.0. The van der Waals surface area contributed by atoms with Crippen LogP contribution in [0.15, 0.2) is 29.6 Å². The van der Waals surface area contributed by atoms with Gasteiger partial charge in [-0.2, -0.15) is 13.2 Å². The first-order valence-corrected chi connectivity index (χ1v) is 12.0. The molecule has 12 heteroatoms. The SMILES string of the molecule is Cc1cnc(CS(=O)c2nc3ccc(C(F)(F)F)cc3[nH]2)c(C)c1OCC1OCC(C)(C)CO1.[H-].[Na+]. The molecule has 0 saturated carbocycles. The quantitative estimate of drug-likeness (QED) is 0.498. The predicted octanol–water partition coefficient (Wildman–Crippen LogP) is 1.80. The van der Waals surface area contributed by atoms with E-state index in [0.29, 0.717) is 30.2 Å². The van der Waals surface area contributed by atoms with Crippen LogP contribution in [0.4, 0.5) is 13.2 Å². The molecule has 1 saturated heterocycles. The number of aromatic amines is 1. The fraction of sp³-hybridized carbons (Fsp3) is 0.478. The number of aromatic nitrogens is 3. The molecule has 3 heterocycles. The fourth-order valence-electron chi connectivity index (χ4n) is 3.56. The molecule has 4 rings (SSSR count). The molecule has 0 amide bonds. The van der Waals surface area contributed by atoms with Crippen LogP contribution in [0.3, 0.4) is 0 Å². The van der Waals surface area contributed by atoms with Crippen LogP contribution in [-0.2, 0) is 32.2 Å². The van der Waals surface area contributed by atoms with Gasteiger partial charge in [0.2, 0.25) is 0 Å². The number of H-pyrrole nitrogens is 1. The van der Waals surface area contributed by atoms with Crippen molar-refractivity contribution in [3.05, 3.63) is 46.8 Å². The third-order valence-corrected chi connectivity index (χ3v) is 6.66. The number of alkyl halides is 3. The number of imidazole rings is 1. The Morgan fingerprint density at radius 3 is 2.60 bits per heavy atom. The van der Waals surface area contributed by atoms with E-state index in [1.165, 1.54) is 6.07 Å². The summed E-state index contributed by atoms with van der Waals surface area (Å²) in [6, 6.07) is 3.17. The molecule has 1 atom stereocenters. The number of hydrogen-bond acceptors (Lipinski definition) is 6. The number of ether oxygens (including phenoxy) is 3. The Morgan fingerprint density at radius 1 is 1.26 bits per heavy atom. The zero-order chi connectivity index (χ0) is 24.7. The van der Waals surface area contributed by atoms with Crippen molar-refractivity contribution >= 4 is 21.8 Å². The zero-order valence-corrected chi connectivity index (χ0v) is 23.1. The second-order valence-electron chi connectivity index (χ2n) is 9.13. The summed E-state index contributed by atoms with van der Waals surface area (Å²) in [5, 5.41) is 0.0881. The minimum atomic E-state index is -4.47. The van der Waals surface area contributed by atoms with Gasteiger partial charge in [0, 0.05) is 22.7 Å². The van der Waals surface area contributed by atoms with Gasteiger partial charge in [-0.05, 0) is 32.0 Å². The van der Waals surface area contributed by atoms with E-state index in [-0.39, 0.29) is 59.4 Å². The number of rotatable bonds is 6. The van der Waals surface area contributed by atoms with Crippen molar-refractivity contribution in [3.63, 3.8) is 0 Å². The summed E-state index contributed by atoms with van der Waals surface area (Å²) in [4.78, 5) is 11.3. The van der Waals surface area contributed by atoms with Gasteiger partial charge in [-0.1, -0.05) is 13.8 Å². The van der Waals surface area contributed by atoms with Crippen molar-refractivity contribution in [1.29, 1.82) is 0 Å². The summed E-state index contributed by atoms with van der Waals surface area (Å²) in [7, 11) is -1.65. The minimum Gasteiger partial charge on any atom is -1.00 e. The van der Waals surface area contributed by atoms with Crippen LogP contribution in [0.25, 0.3) is 11.0 Å². The first-order valence-electron chi connectivity index (χ1n) is 10.7. The smallest absolute Gasteiger partial charge is 1.00 e. The molecule has 1 N–H and O–H groups in total. The van der Waals surface area contributed by atoms with Crippen LogP contribution >= 0.6 is 0 Å². The number of nitrogens with zero attached hydrogens (tertiary/aromatic N) is 2. The van der Waals surface area contributed by atoms with Crippen molar-refractivity contribution in [3.8, 4) is 5.75 Å². The van der Waals surface area contributed by atoms with E-state index in [0.717, 1.165) is 23.3 Å². The summed E-state index contributed by atoms with van der Waals surface area (Å²) in [5.41, 5.74) is 1.72. The van der Waals surface area contributed by atoms with E-state index in [1.807, 2.05) is 13.8 Å². The van der Waals surface area contributed by atoms with Crippen molar-refractivity contribution in [2.75, 3.05) is 19.8 Å². The normalized spacial score (nSPS) is 17.2. The first kappa shape index (κ1) is 28.1. The summed E-state index contributed by atoms with van der Waals surface area (Å²) in [6.45, 7) is 9.15. The van der Waals surface area contributed by atoms with Crippen LogP contribution in [0.1, 0.15) is 37.7 Å². The standard InChI is InChI=1S/C23H26F3N3O4S.Na.H/c1-13-8-27-18(14(2)20(13)31-9-19-32-11-22(3,4)12-33-19)10-34(30)21-28-16-6-5-15(23(24,25)26)7-17(16)29-21;;/h5-8,19H,9-12H2,1-4H3,(H,28,29);;/q;+1;-1. The average Bonchev–Trinajstić information content (AvgIpc) is 3.19. The Kier molecular flexibility index (Phi) is 8.71. The Bertz CT molecular complexity index is 1230. The minimum absolute atomic E-state index is 0. The molecule has 3 aromatic rings. The molecule has 1 aliphatic heterocycles. The van der Waals surface area contributed by atoms with Gasteiger partial charge < -0.3 is 20.6 Å². The molecule has 186 valence electrons. The number of nitrogens with one attached hydrogen (secondary N) is 1. The number of halogens is 3. The second kappa shape index (κ2) is 10.9. The van der Waals surface area contributed by atoms with E-state index in [1.54, 1.807) is 6.20 Å².